The van der Waals surface area contributed by atoms with Gasteiger partial charge in [0, 0.05) is 30.3 Å². The molecule has 1 amide bonds. The number of nitrogens with zero attached hydrogens (tertiary/aromatic N) is 2. The summed E-state index contributed by atoms with van der Waals surface area (Å²) in [7, 11) is 3.49. The summed E-state index contributed by atoms with van der Waals surface area (Å²) < 4.78 is 20.3. The van der Waals surface area contributed by atoms with Crippen molar-refractivity contribution in [1.29, 1.82) is 0 Å². The van der Waals surface area contributed by atoms with Crippen LogP contribution in [-0.4, -0.2) is 22.6 Å². The summed E-state index contributed by atoms with van der Waals surface area (Å²) in [5, 5.41) is 0. The number of rotatable bonds is 5. The van der Waals surface area contributed by atoms with E-state index in [9.17, 15) is 9.18 Å². The van der Waals surface area contributed by atoms with E-state index in [4.69, 9.17) is 4.74 Å². The summed E-state index contributed by atoms with van der Waals surface area (Å²) in [5.74, 6) is -0.0683. The highest BCUT2D eigenvalue weighted by atomic mass is 19.1. The van der Waals surface area contributed by atoms with Gasteiger partial charge in [-0.25, -0.2) is 4.39 Å². The van der Waals surface area contributed by atoms with Crippen LogP contribution in [-0.2, 0) is 13.5 Å². The lowest BCUT2D eigenvalue weighted by atomic mass is 10.0. The summed E-state index contributed by atoms with van der Waals surface area (Å²) in [6.07, 6.45) is 0.649. The van der Waals surface area contributed by atoms with E-state index < -0.39 is 11.7 Å². The van der Waals surface area contributed by atoms with E-state index in [-0.39, 0.29) is 0 Å². The Morgan fingerprint density at radius 3 is 2.32 bits per heavy atom. The van der Waals surface area contributed by atoms with Crippen LogP contribution in [0.25, 0.3) is 11.3 Å². The number of amides is 1. The molecule has 0 atom stereocenters. The minimum atomic E-state index is -0.440. The minimum Gasteiger partial charge on any atom is -0.497 e. The van der Waals surface area contributed by atoms with Crippen molar-refractivity contribution in [3.63, 3.8) is 0 Å². The van der Waals surface area contributed by atoms with Crippen molar-refractivity contribution in [1.82, 2.24) is 9.55 Å². The Kier molecular flexibility index (Phi) is 5.80. The molecule has 1 aromatic heterocycles. The van der Waals surface area contributed by atoms with Gasteiger partial charge in [-0.3, -0.25) is 4.79 Å². The maximum absolute atomic E-state index is 13.2. The molecule has 6 heteroatoms. The van der Waals surface area contributed by atoms with Gasteiger partial charge in [-0.05, 0) is 54.1 Å². The van der Waals surface area contributed by atoms with Crippen LogP contribution in [0.4, 0.5) is 4.39 Å². The van der Waals surface area contributed by atoms with Gasteiger partial charge >= 0.3 is 0 Å². The van der Waals surface area contributed by atoms with Gasteiger partial charge in [-0.1, -0.05) is 30.3 Å². The van der Waals surface area contributed by atoms with Crippen molar-refractivity contribution in [2.75, 3.05) is 7.11 Å². The molecule has 1 N–H and O–H groups in total. The standard InChI is InChI=1S/C25H22FN3O2/c1-29-23(18-10-14-21(31-2)15-11-18)22(16-17-6-4-3-5-7-17)27-25(29)28-24(30)19-8-12-20(26)13-9-19/h3-15H,16H2,1-2H3,(H,27,28,30). The predicted octanol–water partition coefficient (Wildman–Crippen LogP) is 4.50. The van der Waals surface area contributed by atoms with E-state index >= 15 is 0 Å². The zero-order valence-electron chi connectivity index (χ0n) is 17.3. The SMILES string of the molecule is COc1ccc(-c2c(Cc3ccccc3)[nH]/c(=N\C(=O)c3ccc(F)cc3)n2C)cc1. The zero-order chi connectivity index (χ0) is 21.8. The molecular formula is C25H22FN3O2. The summed E-state index contributed by atoms with van der Waals surface area (Å²) in [6, 6.07) is 23.2. The van der Waals surface area contributed by atoms with E-state index in [1.54, 1.807) is 7.11 Å². The highest BCUT2D eigenvalue weighted by Crippen LogP contribution is 2.25. The van der Waals surface area contributed by atoms with Crippen LogP contribution in [0.1, 0.15) is 21.6 Å². The van der Waals surface area contributed by atoms with Crippen molar-refractivity contribution in [2.45, 2.75) is 6.42 Å². The lowest BCUT2D eigenvalue weighted by molar-refractivity contribution is 0.0996. The van der Waals surface area contributed by atoms with Crippen LogP contribution in [0.5, 0.6) is 5.75 Å². The largest absolute Gasteiger partial charge is 0.497 e. The van der Waals surface area contributed by atoms with E-state index in [0.717, 1.165) is 28.3 Å². The number of carbonyl (C=O) groups is 1. The number of hydrogen-bond donors (Lipinski definition) is 1. The predicted molar refractivity (Wildman–Crippen MR) is 117 cm³/mol. The second kappa shape index (κ2) is 8.83. The van der Waals surface area contributed by atoms with E-state index in [2.05, 4.69) is 22.1 Å². The lowest BCUT2D eigenvalue weighted by Gasteiger charge is -2.08. The second-order valence-electron chi connectivity index (χ2n) is 7.15. The molecule has 3 aromatic carbocycles. The number of nitrogens with one attached hydrogen (secondary N) is 1. The number of ether oxygens (including phenoxy) is 1. The molecule has 0 bridgehead atoms. The van der Waals surface area contributed by atoms with Gasteiger partial charge < -0.3 is 14.3 Å². The smallest absolute Gasteiger partial charge is 0.280 e. The number of imidazole rings is 1. The normalized spacial score (nSPS) is 11.5. The van der Waals surface area contributed by atoms with E-state index in [1.807, 2.05) is 54.1 Å². The Bertz CT molecular complexity index is 1260. The Hall–Kier alpha value is -3.93. The molecule has 5 nitrogen and oxygen atoms in total. The highest BCUT2D eigenvalue weighted by molar-refractivity contribution is 5.94. The third kappa shape index (κ3) is 4.48. The molecule has 0 radical (unpaired) electrons. The van der Waals surface area contributed by atoms with Crippen LogP contribution in [0.2, 0.25) is 0 Å². The highest BCUT2D eigenvalue weighted by Gasteiger charge is 2.15. The fourth-order valence-electron chi connectivity index (χ4n) is 3.49. The fourth-order valence-corrected chi connectivity index (χ4v) is 3.49. The summed E-state index contributed by atoms with van der Waals surface area (Å²) >= 11 is 0. The Labute approximate surface area is 179 Å². The van der Waals surface area contributed by atoms with Crippen molar-refractivity contribution in [2.24, 2.45) is 12.0 Å². The maximum atomic E-state index is 13.2. The zero-order valence-corrected chi connectivity index (χ0v) is 17.3. The molecule has 0 aliphatic rings. The lowest BCUT2D eigenvalue weighted by Crippen LogP contribution is -2.18. The molecule has 0 aliphatic heterocycles. The van der Waals surface area contributed by atoms with Crippen LogP contribution in [0.15, 0.2) is 83.9 Å². The van der Waals surface area contributed by atoms with Gasteiger partial charge in [-0.2, -0.15) is 4.99 Å². The molecule has 156 valence electrons. The maximum Gasteiger partial charge on any atom is 0.280 e. The summed E-state index contributed by atoms with van der Waals surface area (Å²) in [5.41, 5.74) is 4.72. The molecule has 0 spiro atoms. The van der Waals surface area contributed by atoms with Crippen LogP contribution in [0, 0.1) is 5.82 Å². The molecule has 0 fully saturated rings. The van der Waals surface area contributed by atoms with Crippen molar-refractivity contribution in [3.8, 4) is 17.0 Å². The number of halogens is 1. The molecular weight excluding hydrogens is 393 g/mol. The molecule has 1 heterocycles. The van der Waals surface area contributed by atoms with Crippen molar-refractivity contribution >= 4 is 5.91 Å². The Morgan fingerprint density at radius 1 is 1.00 bits per heavy atom. The van der Waals surface area contributed by atoms with Crippen molar-refractivity contribution < 1.29 is 13.9 Å². The van der Waals surface area contributed by atoms with Crippen LogP contribution >= 0.6 is 0 Å². The number of benzene rings is 3. The number of carbonyl (C=O) groups excluding carboxylic acids is 1. The minimum absolute atomic E-state index is 0.326. The average molecular weight is 415 g/mol. The van der Waals surface area contributed by atoms with Gasteiger partial charge in [0.1, 0.15) is 11.6 Å². The van der Waals surface area contributed by atoms with Crippen LogP contribution in [0.3, 0.4) is 0 Å². The Balaban J connectivity index is 1.80. The molecule has 4 rings (SSSR count). The average Bonchev–Trinajstić information content (AvgIpc) is 3.09. The summed E-state index contributed by atoms with van der Waals surface area (Å²) in [4.78, 5) is 20.2. The molecule has 0 saturated heterocycles. The first-order chi connectivity index (χ1) is 15.0. The quantitative estimate of drug-likeness (QED) is 0.522. The van der Waals surface area contributed by atoms with Gasteiger partial charge in [0.25, 0.3) is 5.91 Å². The number of aromatic amines is 1. The van der Waals surface area contributed by atoms with Gasteiger partial charge in [0.15, 0.2) is 0 Å². The molecule has 0 unspecified atom stereocenters. The molecule has 0 aliphatic carbocycles. The number of methoxy groups -OCH3 is 1. The number of aromatic nitrogens is 2. The Morgan fingerprint density at radius 2 is 1.68 bits per heavy atom. The van der Waals surface area contributed by atoms with Gasteiger partial charge in [-0.15, -0.1) is 0 Å². The van der Waals surface area contributed by atoms with E-state index in [0.29, 0.717) is 17.6 Å². The first-order valence-corrected chi connectivity index (χ1v) is 9.86. The molecule has 31 heavy (non-hydrogen) atoms. The van der Waals surface area contributed by atoms with Crippen LogP contribution < -0.4 is 10.4 Å². The topological polar surface area (TPSA) is 59.4 Å². The second-order valence-corrected chi connectivity index (χ2v) is 7.15. The third-order valence-electron chi connectivity index (χ3n) is 5.09. The first-order valence-electron chi connectivity index (χ1n) is 9.86. The fraction of sp³-hybridized carbons (Fsp3) is 0.120. The summed E-state index contributed by atoms with van der Waals surface area (Å²) in [6.45, 7) is 0. The van der Waals surface area contributed by atoms with E-state index in [1.165, 1.54) is 24.3 Å². The monoisotopic (exact) mass is 415 g/mol. The van der Waals surface area contributed by atoms with Gasteiger partial charge in [0.2, 0.25) is 5.62 Å². The van der Waals surface area contributed by atoms with Gasteiger partial charge in [0.05, 0.1) is 12.8 Å². The third-order valence-corrected chi connectivity index (χ3v) is 5.09. The molecule has 4 aromatic rings. The van der Waals surface area contributed by atoms with Crippen molar-refractivity contribution in [3.05, 3.63) is 107 Å². The number of H-pyrrole nitrogens is 1. The first kappa shape index (κ1) is 20.3. The number of hydrogen-bond acceptors (Lipinski definition) is 2. The molecule has 0 saturated carbocycles.